The van der Waals surface area contributed by atoms with E-state index < -0.39 is 17.7 Å². The van der Waals surface area contributed by atoms with Gasteiger partial charge in [-0.2, -0.15) is 0 Å². The van der Waals surface area contributed by atoms with E-state index in [1.807, 2.05) is 6.07 Å². The fourth-order valence-electron chi connectivity index (χ4n) is 5.25. The number of carbonyl (C=O) groups excluding carboxylic acids is 2. The number of methoxy groups -OCH3 is 1. The van der Waals surface area contributed by atoms with Gasteiger partial charge in [0.05, 0.1) is 45.2 Å². The number of hydrogen-bond donors (Lipinski definition) is 1. The Morgan fingerprint density at radius 2 is 1.60 bits per heavy atom. The SMILES string of the molecule is CCCCOc1ccc(C(O)=C2C(=O)C(=O)N(CCCN3CCOCC3)C2c2ccc(OCCCC)c(OC)c2)cc1. The van der Waals surface area contributed by atoms with E-state index in [2.05, 4.69) is 18.7 Å². The van der Waals surface area contributed by atoms with Crippen molar-refractivity contribution in [3.05, 3.63) is 59.2 Å². The molecule has 0 saturated carbocycles. The summed E-state index contributed by atoms with van der Waals surface area (Å²) in [5, 5.41) is 11.5. The zero-order valence-electron chi connectivity index (χ0n) is 25.1. The number of likely N-dealkylation sites (tertiary alicyclic amines) is 1. The number of morpholine rings is 1. The van der Waals surface area contributed by atoms with Gasteiger partial charge in [0.1, 0.15) is 11.5 Å². The van der Waals surface area contributed by atoms with Gasteiger partial charge in [-0.15, -0.1) is 0 Å². The molecule has 2 heterocycles. The van der Waals surface area contributed by atoms with Crippen LogP contribution in [0.4, 0.5) is 0 Å². The third kappa shape index (κ3) is 7.63. The predicted octanol–water partition coefficient (Wildman–Crippen LogP) is 5.20. The van der Waals surface area contributed by atoms with Gasteiger partial charge >= 0.3 is 0 Å². The Hall–Kier alpha value is -3.56. The smallest absolute Gasteiger partial charge is 0.295 e. The Bertz CT molecular complexity index is 1220. The van der Waals surface area contributed by atoms with Crippen LogP contribution in [0.3, 0.4) is 0 Å². The van der Waals surface area contributed by atoms with Gasteiger partial charge in [0.25, 0.3) is 11.7 Å². The molecule has 2 aliphatic rings. The second-order valence-electron chi connectivity index (χ2n) is 10.6. The monoisotopic (exact) mass is 580 g/mol. The highest BCUT2D eigenvalue weighted by molar-refractivity contribution is 6.46. The number of amides is 1. The molecule has 0 aliphatic carbocycles. The topological polar surface area (TPSA) is 97.8 Å². The maximum atomic E-state index is 13.5. The second kappa shape index (κ2) is 15.6. The molecular formula is C33H44N2O7. The minimum Gasteiger partial charge on any atom is -0.507 e. The molecule has 2 aromatic rings. The van der Waals surface area contributed by atoms with E-state index in [4.69, 9.17) is 18.9 Å². The van der Waals surface area contributed by atoms with Gasteiger partial charge in [-0.1, -0.05) is 32.8 Å². The van der Waals surface area contributed by atoms with Crippen LogP contribution in [0.1, 0.15) is 63.1 Å². The lowest BCUT2D eigenvalue weighted by Gasteiger charge is -2.29. The van der Waals surface area contributed by atoms with Crippen LogP contribution >= 0.6 is 0 Å². The summed E-state index contributed by atoms with van der Waals surface area (Å²) in [6, 6.07) is 11.6. The number of unbranched alkanes of at least 4 members (excludes halogenated alkanes) is 2. The number of benzene rings is 2. The highest BCUT2D eigenvalue weighted by Crippen LogP contribution is 2.42. The molecule has 0 bridgehead atoms. The van der Waals surface area contributed by atoms with Gasteiger partial charge in [0, 0.05) is 31.7 Å². The van der Waals surface area contributed by atoms with Gasteiger partial charge in [0.2, 0.25) is 0 Å². The second-order valence-corrected chi connectivity index (χ2v) is 10.6. The molecule has 42 heavy (non-hydrogen) atoms. The van der Waals surface area contributed by atoms with Crippen LogP contribution in [0.15, 0.2) is 48.0 Å². The fourth-order valence-corrected chi connectivity index (χ4v) is 5.25. The molecule has 2 fully saturated rings. The lowest BCUT2D eigenvalue weighted by atomic mass is 9.95. The van der Waals surface area contributed by atoms with Crippen molar-refractivity contribution in [2.75, 3.05) is 59.7 Å². The molecule has 9 heteroatoms. The van der Waals surface area contributed by atoms with Gasteiger partial charge in [-0.05, 0) is 61.2 Å². The van der Waals surface area contributed by atoms with E-state index in [9.17, 15) is 14.7 Å². The number of aliphatic hydroxyl groups is 1. The largest absolute Gasteiger partial charge is 0.507 e. The van der Waals surface area contributed by atoms with Crippen LogP contribution in [-0.4, -0.2) is 86.3 Å². The third-order valence-corrected chi connectivity index (χ3v) is 7.67. The molecule has 2 aliphatic heterocycles. The lowest BCUT2D eigenvalue weighted by molar-refractivity contribution is -0.140. The molecule has 228 valence electrons. The predicted molar refractivity (Wildman–Crippen MR) is 161 cm³/mol. The summed E-state index contributed by atoms with van der Waals surface area (Å²) in [4.78, 5) is 30.8. The summed E-state index contributed by atoms with van der Waals surface area (Å²) >= 11 is 0. The summed E-state index contributed by atoms with van der Waals surface area (Å²) in [5.41, 5.74) is 1.18. The van der Waals surface area contributed by atoms with Crippen molar-refractivity contribution in [1.29, 1.82) is 0 Å². The van der Waals surface area contributed by atoms with Gasteiger partial charge < -0.3 is 29.0 Å². The van der Waals surface area contributed by atoms with Crippen molar-refractivity contribution in [3.63, 3.8) is 0 Å². The number of Topliss-reactive ketones (excluding diaryl/α,β-unsaturated/α-hetero) is 1. The number of ether oxygens (including phenoxy) is 4. The Labute approximate surface area is 249 Å². The maximum Gasteiger partial charge on any atom is 0.295 e. The minimum absolute atomic E-state index is 0.0627. The van der Waals surface area contributed by atoms with E-state index in [-0.39, 0.29) is 11.3 Å². The molecule has 0 spiro atoms. The molecule has 9 nitrogen and oxygen atoms in total. The first-order valence-corrected chi connectivity index (χ1v) is 15.1. The summed E-state index contributed by atoms with van der Waals surface area (Å²) in [6.45, 7) is 9.59. The molecule has 2 aromatic carbocycles. The van der Waals surface area contributed by atoms with Crippen LogP contribution in [0.2, 0.25) is 0 Å². The molecule has 1 unspecified atom stereocenters. The van der Waals surface area contributed by atoms with E-state index in [1.165, 1.54) is 0 Å². The van der Waals surface area contributed by atoms with Crippen LogP contribution in [0.5, 0.6) is 17.2 Å². The number of nitrogens with zero attached hydrogens (tertiary/aromatic N) is 2. The zero-order chi connectivity index (χ0) is 29.9. The van der Waals surface area contributed by atoms with Crippen molar-refractivity contribution in [2.24, 2.45) is 0 Å². The summed E-state index contributed by atoms with van der Waals surface area (Å²) in [5.74, 6) is 0.258. The molecule has 1 N–H and O–H groups in total. The Morgan fingerprint density at radius 1 is 0.905 bits per heavy atom. The van der Waals surface area contributed by atoms with E-state index in [0.29, 0.717) is 67.8 Å². The number of carbonyl (C=O) groups is 2. The normalized spacial score (nSPS) is 18.8. The van der Waals surface area contributed by atoms with Crippen molar-refractivity contribution < 1.29 is 33.6 Å². The highest BCUT2D eigenvalue weighted by Gasteiger charge is 2.46. The molecule has 0 radical (unpaired) electrons. The molecule has 2 saturated heterocycles. The van der Waals surface area contributed by atoms with Gasteiger partial charge in [-0.25, -0.2) is 0 Å². The van der Waals surface area contributed by atoms with Crippen LogP contribution in [-0.2, 0) is 14.3 Å². The Kier molecular flexibility index (Phi) is 11.7. The fraction of sp³-hybridized carbons (Fsp3) is 0.515. The summed E-state index contributed by atoms with van der Waals surface area (Å²) in [7, 11) is 1.56. The zero-order valence-corrected chi connectivity index (χ0v) is 25.1. The van der Waals surface area contributed by atoms with Crippen molar-refractivity contribution in [2.45, 2.75) is 52.0 Å². The van der Waals surface area contributed by atoms with Crippen LogP contribution in [0, 0.1) is 0 Å². The van der Waals surface area contributed by atoms with Crippen molar-refractivity contribution in [3.8, 4) is 17.2 Å². The molecule has 1 atom stereocenters. The first-order chi connectivity index (χ1) is 20.5. The summed E-state index contributed by atoms with van der Waals surface area (Å²) in [6.07, 6.45) is 4.58. The molecule has 1 amide bonds. The highest BCUT2D eigenvalue weighted by atomic mass is 16.5. The van der Waals surface area contributed by atoms with Crippen molar-refractivity contribution >= 4 is 17.4 Å². The van der Waals surface area contributed by atoms with Crippen LogP contribution < -0.4 is 14.2 Å². The van der Waals surface area contributed by atoms with E-state index >= 15 is 0 Å². The molecule has 0 aromatic heterocycles. The average Bonchev–Trinajstić information content (AvgIpc) is 3.27. The Balaban J connectivity index is 1.66. The Morgan fingerprint density at radius 3 is 2.26 bits per heavy atom. The number of rotatable bonds is 15. The molecule has 4 rings (SSSR count). The van der Waals surface area contributed by atoms with E-state index in [1.54, 1.807) is 48.4 Å². The first-order valence-electron chi connectivity index (χ1n) is 15.1. The summed E-state index contributed by atoms with van der Waals surface area (Å²) < 4.78 is 22.8. The van der Waals surface area contributed by atoms with E-state index in [0.717, 1.165) is 45.3 Å². The maximum absolute atomic E-state index is 13.5. The number of hydrogen-bond acceptors (Lipinski definition) is 8. The quantitative estimate of drug-likeness (QED) is 0.133. The standard InChI is InChI=1S/C33H44N2O7/c1-4-6-19-41-26-12-9-24(10-13-26)31(36)29-30(25-11-14-27(28(23-25)39-3)42-20-7-5-2)35(33(38)32(29)37)16-8-15-34-17-21-40-22-18-34/h9-14,23,30,36H,4-8,15-22H2,1-3H3. The molecular weight excluding hydrogens is 536 g/mol. The average molecular weight is 581 g/mol. The van der Waals surface area contributed by atoms with Crippen LogP contribution in [0.25, 0.3) is 5.76 Å². The minimum atomic E-state index is -0.770. The first kappa shape index (κ1) is 31.4. The number of aliphatic hydroxyl groups excluding tert-OH is 1. The number of ketones is 1. The van der Waals surface area contributed by atoms with Crippen molar-refractivity contribution in [1.82, 2.24) is 9.80 Å². The lowest BCUT2D eigenvalue weighted by Crippen LogP contribution is -2.39. The van der Waals surface area contributed by atoms with Gasteiger partial charge in [0.15, 0.2) is 11.5 Å². The third-order valence-electron chi connectivity index (χ3n) is 7.67. The van der Waals surface area contributed by atoms with Gasteiger partial charge in [-0.3, -0.25) is 14.5 Å².